The Labute approximate surface area is 158 Å². The molecule has 0 bridgehead atoms. The molecule has 1 aromatic heterocycles. The first-order valence-corrected chi connectivity index (χ1v) is 10.0. The van der Waals surface area contributed by atoms with E-state index in [1.165, 1.54) is 0 Å². The highest BCUT2D eigenvalue weighted by Crippen LogP contribution is 2.26. The summed E-state index contributed by atoms with van der Waals surface area (Å²) in [5.41, 5.74) is 2.59. The second-order valence-electron chi connectivity index (χ2n) is 5.51. The van der Waals surface area contributed by atoms with E-state index in [-0.39, 0.29) is 0 Å². The molecule has 1 N–H and O–H groups in total. The Balaban J connectivity index is 1.71. The molecular formula is C18H16Cl2N2O2S. The Morgan fingerprint density at radius 2 is 2.04 bits per heavy atom. The molecule has 0 amide bonds. The maximum Gasteiger partial charge on any atom is 0.214 e. The summed E-state index contributed by atoms with van der Waals surface area (Å²) in [5.74, 6) is 1.68. The molecule has 3 rings (SSSR count). The van der Waals surface area contributed by atoms with Crippen molar-refractivity contribution in [3.63, 3.8) is 0 Å². The number of hydrogen-bond donors (Lipinski definition) is 1. The monoisotopic (exact) mass is 394 g/mol. The Kier molecular flexibility index (Phi) is 5.78. The van der Waals surface area contributed by atoms with E-state index in [4.69, 9.17) is 27.6 Å². The summed E-state index contributed by atoms with van der Waals surface area (Å²) < 4.78 is 17.1. The fraction of sp³-hybridized carbons (Fsp3) is 0.167. The molecule has 0 aliphatic rings. The van der Waals surface area contributed by atoms with Gasteiger partial charge in [-0.25, -0.2) is 4.98 Å². The van der Waals surface area contributed by atoms with Crippen molar-refractivity contribution in [3.8, 4) is 11.3 Å². The standard InChI is InChI=1S/C18H16Cl2N2O2S/c1-25(23)11-12-5-6-15(20)16(7-12)21-10-18-22-9-17(24-18)13-3-2-4-14(19)8-13/h2-9,21H,10-11H2,1H3/t25-/m1/s1. The van der Waals surface area contributed by atoms with Crippen LogP contribution in [0.5, 0.6) is 0 Å². The molecule has 0 aliphatic heterocycles. The number of benzene rings is 2. The van der Waals surface area contributed by atoms with E-state index in [0.717, 1.165) is 16.8 Å². The van der Waals surface area contributed by atoms with Gasteiger partial charge in [0, 0.05) is 33.4 Å². The summed E-state index contributed by atoms with van der Waals surface area (Å²) in [6, 6.07) is 13.0. The van der Waals surface area contributed by atoms with Gasteiger partial charge in [-0.05, 0) is 29.8 Å². The number of anilines is 1. The van der Waals surface area contributed by atoms with Gasteiger partial charge in [0.15, 0.2) is 5.76 Å². The number of hydrogen-bond acceptors (Lipinski definition) is 4. The van der Waals surface area contributed by atoms with Gasteiger partial charge in [-0.3, -0.25) is 4.21 Å². The molecule has 1 atom stereocenters. The Bertz CT molecular complexity index is 912. The fourth-order valence-electron chi connectivity index (χ4n) is 2.37. The molecule has 0 fully saturated rings. The van der Waals surface area contributed by atoms with Crippen LogP contribution in [-0.4, -0.2) is 15.4 Å². The van der Waals surface area contributed by atoms with Crippen LogP contribution in [0.3, 0.4) is 0 Å². The predicted molar refractivity (Wildman–Crippen MR) is 103 cm³/mol. The maximum atomic E-state index is 11.4. The van der Waals surface area contributed by atoms with Crippen LogP contribution in [0, 0.1) is 0 Å². The average Bonchev–Trinajstić information content (AvgIpc) is 3.04. The molecule has 3 aromatic rings. The van der Waals surface area contributed by atoms with Crippen molar-refractivity contribution < 1.29 is 8.63 Å². The van der Waals surface area contributed by atoms with Crippen LogP contribution in [-0.2, 0) is 23.1 Å². The smallest absolute Gasteiger partial charge is 0.214 e. The topological polar surface area (TPSA) is 55.1 Å². The van der Waals surface area contributed by atoms with Gasteiger partial charge in [-0.2, -0.15) is 0 Å². The van der Waals surface area contributed by atoms with Gasteiger partial charge in [-0.1, -0.05) is 41.4 Å². The van der Waals surface area contributed by atoms with Crippen molar-refractivity contribution in [1.82, 2.24) is 4.98 Å². The van der Waals surface area contributed by atoms with Crippen LogP contribution < -0.4 is 5.32 Å². The Morgan fingerprint density at radius 1 is 1.20 bits per heavy atom. The molecule has 7 heteroatoms. The van der Waals surface area contributed by atoms with Gasteiger partial charge in [0.05, 0.1) is 23.5 Å². The zero-order valence-corrected chi connectivity index (χ0v) is 15.8. The lowest BCUT2D eigenvalue weighted by atomic mass is 10.2. The summed E-state index contributed by atoms with van der Waals surface area (Å²) in [4.78, 5) is 4.27. The first kappa shape index (κ1) is 18.0. The third-order valence-electron chi connectivity index (χ3n) is 3.49. The molecule has 130 valence electrons. The van der Waals surface area contributed by atoms with Gasteiger partial charge in [0.2, 0.25) is 5.89 Å². The van der Waals surface area contributed by atoms with E-state index >= 15 is 0 Å². The highest BCUT2D eigenvalue weighted by atomic mass is 35.5. The highest BCUT2D eigenvalue weighted by molar-refractivity contribution is 7.83. The lowest BCUT2D eigenvalue weighted by Gasteiger charge is -2.08. The molecule has 0 saturated carbocycles. The van der Waals surface area contributed by atoms with E-state index in [1.54, 1.807) is 18.5 Å². The zero-order chi connectivity index (χ0) is 17.8. The first-order valence-electron chi connectivity index (χ1n) is 7.54. The van der Waals surface area contributed by atoms with Crippen molar-refractivity contribution in [2.75, 3.05) is 11.6 Å². The summed E-state index contributed by atoms with van der Waals surface area (Å²) in [7, 11) is -0.904. The van der Waals surface area contributed by atoms with Crippen LogP contribution in [0.25, 0.3) is 11.3 Å². The highest BCUT2D eigenvalue weighted by Gasteiger charge is 2.09. The van der Waals surface area contributed by atoms with Crippen LogP contribution in [0.15, 0.2) is 53.1 Å². The first-order chi connectivity index (χ1) is 12.0. The fourth-order valence-corrected chi connectivity index (χ4v) is 3.39. The molecule has 1 heterocycles. The minimum absolute atomic E-state index is 0.388. The van der Waals surface area contributed by atoms with E-state index < -0.39 is 10.8 Å². The van der Waals surface area contributed by atoms with Crippen LogP contribution in [0.2, 0.25) is 10.0 Å². The molecule has 2 aromatic carbocycles. The second kappa shape index (κ2) is 8.04. The minimum Gasteiger partial charge on any atom is -0.439 e. The van der Waals surface area contributed by atoms with E-state index in [9.17, 15) is 4.21 Å². The van der Waals surface area contributed by atoms with E-state index in [2.05, 4.69) is 10.3 Å². The molecule has 0 unspecified atom stereocenters. The molecule has 4 nitrogen and oxygen atoms in total. The van der Waals surface area contributed by atoms with Gasteiger partial charge in [0.1, 0.15) is 0 Å². The van der Waals surface area contributed by atoms with Crippen molar-refractivity contribution in [2.24, 2.45) is 0 Å². The normalized spacial score (nSPS) is 12.1. The van der Waals surface area contributed by atoms with E-state index in [0.29, 0.717) is 34.0 Å². The van der Waals surface area contributed by atoms with Crippen LogP contribution in [0.4, 0.5) is 5.69 Å². The van der Waals surface area contributed by atoms with Crippen molar-refractivity contribution >= 4 is 39.7 Å². The largest absolute Gasteiger partial charge is 0.439 e. The molecule has 25 heavy (non-hydrogen) atoms. The van der Waals surface area contributed by atoms with E-state index in [1.807, 2.05) is 36.4 Å². The lowest BCUT2D eigenvalue weighted by Crippen LogP contribution is -2.01. The minimum atomic E-state index is -0.904. The predicted octanol–water partition coefficient (Wildman–Crippen LogP) is 5.14. The molecule has 0 saturated heterocycles. The summed E-state index contributed by atoms with van der Waals surface area (Å²) in [5, 5.41) is 4.44. The average molecular weight is 395 g/mol. The SMILES string of the molecule is C[S@@](=O)Cc1ccc(Cl)c(NCc2ncc(-c3cccc(Cl)c3)o2)c1. The van der Waals surface area contributed by atoms with Crippen molar-refractivity contribution in [3.05, 3.63) is 70.2 Å². The molecule has 0 radical (unpaired) electrons. The molecule has 0 aliphatic carbocycles. The number of nitrogens with zero attached hydrogens (tertiary/aromatic N) is 1. The summed E-state index contributed by atoms with van der Waals surface area (Å²) in [6.45, 7) is 0.388. The number of rotatable bonds is 6. The molecule has 0 spiro atoms. The van der Waals surface area contributed by atoms with Gasteiger partial charge >= 0.3 is 0 Å². The third kappa shape index (κ3) is 4.84. The summed E-state index contributed by atoms with van der Waals surface area (Å²) >= 11 is 12.2. The quantitative estimate of drug-likeness (QED) is 0.628. The van der Waals surface area contributed by atoms with Crippen LogP contribution in [0.1, 0.15) is 11.5 Å². The summed E-state index contributed by atoms with van der Waals surface area (Å²) in [6.07, 6.45) is 3.34. The second-order valence-corrected chi connectivity index (χ2v) is 7.79. The molecular weight excluding hydrogens is 379 g/mol. The van der Waals surface area contributed by atoms with Gasteiger partial charge < -0.3 is 9.73 Å². The number of halogens is 2. The number of oxazole rings is 1. The van der Waals surface area contributed by atoms with Crippen molar-refractivity contribution in [2.45, 2.75) is 12.3 Å². The lowest BCUT2D eigenvalue weighted by molar-refractivity contribution is 0.516. The third-order valence-corrected chi connectivity index (χ3v) is 4.80. The van der Waals surface area contributed by atoms with Crippen LogP contribution >= 0.6 is 23.2 Å². The van der Waals surface area contributed by atoms with Crippen molar-refractivity contribution in [1.29, 1.82) is 0 Å². The maximum absolute atomic E-state index is 11.4. The Morgan fingerprint density at radius 3 is 2.80 bits per heavy atom. The number of aromatic nitrogens is 1. The zero-order valence-electron chi connectivity index (χ0n) is 13.5. The van der Waals surface area contributed by atoms with Gasteiger partial charge in [-0.15, -0.1) is 0 Å². The van der Waals surface area contributed by atoms with Gasteiger partial charge in [0.25, 0.3) is 0 Å². The number of nitrogens with one attached hydrogen (secondary N) is 1. The Hall–Kier alpha value is -1.82.